The monoisotopic (exact) mass is 279 g/mol. The minimum atomic E-state index is -0.270. The molecule has 0 saturated heterocycles. The summed E-state index contributed by atoms with van der Waals surface area (Å²) in [6, 6.07) is 9.16. The normalized spacial score (nSPS) is 10.3. The Morgan fingerprint density at radius 2 is 2.05 bits per heavy atom. The second kappa shape index (κ2) is 5.54. The highest BCUT2D eigenvalue weighted by molar-refractivity contribution is 6.03. The van der Waals surface area contributed by atoms with Gasteiger partial charge in [-0.1, -0.05) is 18.2 Å². The van der Waals surface area contributed by atoms with Crippen LogP contribution >= 0.6 is 0 Å². The molecule has 104 valence electrons. The van der Waals surface area contributed by atoms with Crippen LogP contribution in [0.25, 0.3) is 5.95 Å². The van der Waals surface area contributed by atoms with Crippen molar-refractivity contribution in [1.82, 2.24) is 19.5 Å². The number of rotatable bonds is 3. The smallest absolute Gasteiger partial charge is 0.274 e. The third-order valence-corrected chi connectivity index (χ3v) is 3.00. The highest BCUT2D eigenvalue weighted by Crippen LogP contribution is 2.14. The van der Waals surface area contributed by atoms with Crippen molar-refractivity contribution < 1.29 is 4.79 Å². The van der Waals surface area contributed by atoms with Crippen LogP contribution in [0.4, 0.5) is 5.69 Å². The van der Waals surface area contributed by atoms with E-state index in [-0.39, 0.29) is 5.91 Å². The Balaban J connectivity index is 1.85. The third-order valence-electron chi connectivity index (χ3n) is 3.00. The molecule has 21 heavy (non-hydrogen) atoms. The molecule has 0 radical (unpaired) electrons. The zero-order valence-corrected chi connectivity index (χ0v) is 11.4. The second-order valence-electron chi connectivity index (χ2n) is 4.48. The lowest BCUT2D eigenvalue weighted by Crippen LogP contribution is -2.15. The highest BCUT2D eigenvalue weighted by Gasteiger charge is 2.10. The minimum Gasteiger partial charge on any atom is -0.320 e. The van der Waals surface area contributed by atoms with Crippen LogP contribution in [0.1, 0.15) is 16.1 Å². The highest BCUT2D eigenvalue weighted by atomic mass is 16.1. The molecule has 3 aromatic rings. The maximum atomic E-state index is 12.3. The lowest BCUT2D eigenvalue weighted by Gasteiger charge is -2.08. The molecule has 6 nitrogen and oxygen atoms in total. The molecule has 0 fully saturated rings. The van der Waals surface area contributed by atoms with E-state index in [4.69, 9.17) is 0 Å². The quantitative estimate of drug-likeness (QED) is 0.798. The number of carbonyl (C=O) groups excluding carboxylic acids is 1. The van der Waals surface area contributed by atoms with E-state index in [2.05, 4.69) is 20.3 Å². The van der Waals surface area contributed by atoms with Crippen molar-refractivity contribution in [3.8, 4) is 5.95 Å². The SMILES string of the molecule is Cc1ccccc1NC(=O)c1ccnc(-n2ccnc2)n1. The molecule has 0 spiro atoms. The Morgan fingerprint density at radius 3 is 2.81 bits per heavy atom. The van der Waals surface area contributed by atoms with Crippen LogP contribution in [0.5, 0.6) is 0 Å². The topological polar surface area (TPSA) is 72.7 Å². The second-order valence-corrected chi connectivity index (χ2v) is 4.48. The van der Waals surface area contributed by atoms with Crippen molar-refractivity contribution in [2.24, 2.45) is 0 Å². The number of imidazole rings is 1. The van der Waals surface area contributed by atoms with Crippen molar-refractivity contribution >= 4 is 11.6 Å². The predicted molar refractivity (Wildman–Crippen MR) is 78.3 cm³/mol. The summed E-state index contributed by atoms with van der Waals surface area (Å²) in [7, 11) is 0. The summed E-state index contributed by atoms with van der Waals surface area (Å²) in [5.41, 5.74) is 2.07. The number of benzene rings is 1. The molecule has 1 amide bonds. The summed E-state index contributed by atoms with van der Waals surface area (Å²) in [6.07, 6.45) is 6.48. The first-order valence-electron chi connectivity index (χ1n) is 6.42. The van der Waals surface area contributed by atoms with E-state index >= 15 is 0 Å². The zero-order valence-electron chi connectivity index (χ0n) is 11.4. The molecule has 6 heteroatoms. The van der Waals surface area contributed by atoms with Gasteiger partial charge in [0.1, 0.15) is 12.0 Å². The van der Waals surface area contributed by atoms with E-state index in [1.807, 2.05) is 31.2 Å². The number of anilines is 1. The minimum absolute atomic E-state index is 0.270. The van der Waals surface area contributed by atoms with E-state index in [0.29, 0.717) is 11.6 Å². The first-order valence-corrected chi connectivity index (χ1v) is 6.42. The number of hydrogen-bond acceptors (Lipinski definition) is 4. The Labute approximate surface area is 121 Å². The summed E-state index contributed by atoms with van der Waals surface area (Å²) in [5.74, 6) is 0.137. The van der Waals surface area contributed by atoms with E-state index in [0.717, 1.165) is 11.3 Å². The summed E-state index contributed by atoms with van der Waals surface area (Å²) in [5, 5.41) is 2.84. The molecule has 2 aromatic heterocycles. The van der Waals surface area contributed by atoms with Crippen LogP contribution in [0.3, 0.4) is 0 Å². The first-order chi connectivity index (χ1) is 10.2. The maximum Gasteiger partial charge on any atom is 0.274 e. The Kier molecular flexibility index (Phi) is 3.42. The van der Waals surface area contributed by atoms with E-state index < -0.39 is 0 Å². The summed E-state index contributed by atoms with van der Waals surface area (Å²) < 4.78 is 1.64. The van der Waals surface area contributed by atoms with Gasteiger partial charge in [-0.05, 0) is 24.6 Å². The van der Waals surface area contributed by atoms with Crippen LogP contribution in [-0.4, -0.2) is 25.4 Å². The number of amides is 1. The van der Waals surface area contributed by atoms with Gasteiger partial charge < -0.3 is 5.32 Å². The fraction of sp³-hybridized carbons (Fsp3) is 0.0667. The number of hydrogen-bond donors (Lipinski definition) is 1. The number of aryl methyl sites for hydroxylation is 1. The molecule has 1 aromatic carbocycles. The number of carbonyl (C=O) groups is 1. The molecule has 0 aliphatic heterocycles. The average Bonchev–Trinajstić information content (AvgIpc) is 3.04. The standard InChI is InChI=1S/C15H13N5O/c1-11-4-2-3-5-12(11)18-14(21)13-6-7-17-15(19-13)20-9-8-16-10-20/h2-10H,1H3,(H,18,21). The van der Waals surface area contributed by atoms with Crippen molar-refractivity contribution in [3.05, 3.63) is 66.5 Å². The maximum absolute atomic E-state index is 12.3. The predicted octanol–water partition coefficient (Wildman–Crippen LogP) is 2.22. The van der Waals surface area contributed by atoms with Crippen LogP contribution in [0.2, 0.25) is 0 Å². The van der Waals surface area contributed by atoms with Gasteiger partial charge in [-0.3, -0.25) is 9.36 Å². The van der Waals surface area contributed by atoms with E-state index in [1.54, 1.807) is 35.6 Å². The number of para-hydroxylation sites is 1. The molecule has 0 saturated carbocycles. The Morgan fingerprint density at radius 1 is 1.19 bits per heavy atom. The lowest BCUT2D eigenvalue weighted by atomic mass is 10.2. The molecule has 0 aliphatic rings. The molecule has 1 N–H and O–H groups in total. The van der Waals surface area contributed by atoms with Crippen LogP contribution in [0, 0.1) is 6.92 Å². The third kappa shape index (κ3) is 2.79. The van der Waals surface area contributed by atoms with Crippen molar-refractivity contribution in [2.75, 3.05) is 5.32 Å². The number of nitrogens with zero attached hydrogens (tertiary/aromatic N) is 4. The van der Waals surface area contributed by atoms with Crippen molar-refractivity contribution in [2.45, 2.75) is 6.92 Å². The fourth-order valence-electron chi connectivity index (χ4n) is 1.88. The van der Waals surface area contributed by atoms with Crippen molar-refractivity contribution in [3.63, 3.8) is 0 Å². The van der Waals surface area contributed by atoms with Gasteiger partial charge in [0, 0.05) is 24.3 Å². The van der Waals surface area contributed by atoms with Gasteiger partial charge in [0.2, 0.25) is 5.95 Å². The molecule has 0 unspecified atom stereocenters. The molecule has 0 aliphatic carbocycles. The summed E-state index contributed by atoms with van der Waals surface area (Å²) in [4.78, 5) is 24.6. The van der Waals surface area contributed by atoms with Crippen LogP contribution < -0.4 is 5.32 Å². The zero-order chi connectivity index (χ0) is 14.7. The lowest BCUT2D eigenvalue weighted by molar-refractivity contribution is 0.102. The molecular weight excluding hydrogens is 266 g/mol. The molecule has 2 heterocycles. The van der Waals surface area contributed by atoms with E-state index in [9.17, 15) is 4.79 Å². The summed E-state index contributed by atoms with van der Waals surface area (Å²) >= 11 is 0. The molecule has 3 rings (SSSR count). The summed E-state index contributed by atoms with van der Waals surface area (Å²) in [6.45, 7) is 1.94. The Bertz CT molecular complexity index is 767. The van der Waals surface area contributed by atoms with Crippen LogP contribution in [-0.2, 0) is 0 Å². The van der Waals surface area contributed by atoms with Gasteiger partial charge in [0.25, 0.3) is 5.91 Å². The number of aromatic nitrogens is 4. The largest absolute Gasteiger partial charge is 0.320 e. The van der Waals surface area contributed by atoms with E-state index in [1.165, 1.54) is 0 Å². The Hall–Kier alpha value is -3.02. The first kappa shape index (κ1) is 13.0. The van der Waals surface area contributed by atoms with Gasteiger partial charge in [-0.15, -0.1) is 0 Å². The molecule has 0 bridgehead atoms. The molecular formula is C15H13N5O. The van der Waals surface area contributed by atoms with Gasteiger partial charge in [-0.25, -0.2) is 15.0 Å². The average molecular weight is 279 g/mol. The van der Waals surface area contributed by atoms with Crippen LogP contribution in [0.15, 0.2) is 55.2 Å². The molecule has 0 atom stereocenters. The van der Waals surface area contributed by atoms with Gasteiger partial charge in [0.15, 0.2) is 0 Å². The van der Waals surface area contributed by atoms with Gasteiger partial charge in [-0.2, -0.15) is 0 Å². The fourth-order valence-corrected chi connectivity index (χ4v) is 1.88. The van der Waals surface area contributed by atoms with Gasteiger partial charge >= 0.3 is 0 Å². The van der Waals surface area contributed by atoms with Crippen molar-refractivity contribution in [1.29, 1.82) is 0 Å². The van der Waals surface area contributed by atoms with Gasteiger partial charge in [0.05, 0.1) is 0 Å². The number of nitrogens with one attached hydrogen (secondary N) is 1.